The van der Waals surface area contributed by atoms with Gasteiger partial charge in [0.15, 0.2) is 5.82 Å². The van der Waals surface area contributed by atoms with E-state index in [1.807, 2.05) is 24.3 Å². The lowest BCUT2D eigenvalue weighted by atomic mass is 10.2. The van der Waals surface area contributed by atoms with Gasteiger partial charge in [0.1, 0.15) is 0 Å². The molecule has 0 aliphatic rings. The molecule has 0 saturated heterocycles. The number of rotatable bonds is 2. The van der Waals surface area contributed by atoms with E-state index < -0.39 is 0 Å². The average Bonchev–Trinajstić information content (AvgIpc) is 2.26. The molecule has 0 amide bonds. The van der Waals surface area contributed by atoms with E-state index in [2.05, 4.69) is 21.4 Å². The van der Waals surface area contributed by atoms with Crippen molar-refractivity contribution in [2.75, 3.05) is 11.9 Å². The molecule has 0 aliphatic carbocycles. The Bertz CT molecular complexity index is 480. The highest BCUT2D eigenvalue weighted by Gasteiger charge is 1.99. The molecule has 1 heterocycles. The first-order valence-corrected chi connectivity index (χ1v) is 4.29. The summed E-state index contributed by atoms with van der Waals surface area (Å²) >= 11 is 0. The lowest BCUT2D eigenvalue weighted by Gasteiger charge is -2.03. The monoisotopic (exact) mass is 183 g/mol. The molecule has 68 valence electrons. The van der Waals surface area contributed by atoms with Crippen molar-refractivity contribution in [3.8, 4) is 12.3 Å². The minimum absolute atomic E-state index is 0.461. The fourth-order valence-corrected chi connectivity index (χ4v) is 1.29. The number of hydrogen-bond acceptors (Lipinski definition) is 3. The molecule has 1 aromatic heterocycles. The molecule has 0 saturated carbocycles. The van der Waals surface area contributed by atoms with E-state index in [0.29, 0.717) is 6.54 Å². The molecule has 3 heteroatoms. The van der Waals surface area contributed by atoms with Crippen LogP contribution in [0.15, 0.2) is 30.5 Å². The maximum Gasteiger partial charge on any atom is 0.157 e. The van der Waals surface area contributed by atoms with Crippen molar-refractivity contribution in [3.05, 3.63) is 30.5 Å². The van der Waals surface area contributed by atoms with Crippen molar-refractivity contribution in [1.82, 2.24) is 10.2 Å². The summed E-state index contributed by atoms with van der Waals surface area (Å²) in [5.74, 6) is 3.24. The van der Waals surface area contributed by atoms with E-state index in [9.17, 15) is 0 Å². The largest absolute Gasteiger partial charge is 0.357 e. The Hall–Kier alpha value is -2.08. The third kappa shape index (κ3) is 1.50. The Labute approximate surface area is 82.2 Å². The number of aromatic nitrogens is 2. The fourth-order valence-electron chi connectivity index (χ4n) is 1.29. The van der Waals surface area contributed by atoms with Crippen LogP contribution in [0.4, 0.5) is 5.82 Å². The van der Waals surface area contributed by atoms with Crippen molar-refractivity contribution in [3.63, 3.8) is 0 Å². The maximum absolute atomic E-state index is 5.16. The van der Waals surface area contributed by atoms with Gasteiger partial charge in [-0.1, -0.05) is 30.2 Å². The zero-order valence-electron chi connectivity index (χ0n) is 7.57. The van der Waals surface area contributed by atoms with Gasteiger partial charge in [0.25, 0.3) is 0 Å². The van der Waals surface area contributed by atoms with Crippen LogP contribution in [0.1, 0.15) is 0 Å². The lowest BCUT2D eigenvalue weighted by Crippen LogP contribution is -2.02. The Kier molecular flexibility index (Phi) is 2.28. The van der Waals surface area contributed by atoms with Gasteiger partial charge in [-0.05, 0) is 0 Å². The molecule has 0 bridgehead atoms. The molecule has 0 atom stereocenters. The second-order valence-electron chi connectivity index (χ2n) is 2.84. The van der Waals surface area contributed by atoms with Gasteiger partial charge in [-0.3, -0.25) is 0 Å². The van der Waals surface area contributed by atoms with Crippen LogP contribution in [0.2, 0.25) is 0 Å². The average molecular weight is 183 g/mol. The minimum atomic E-state index is 0.461. The van der Waals surface area contributed by atoms with E-state index in [4.69, 9.17) is 6.42 Å². The van der Waals surface area contributed by atoms with Crippen LogP contribution >= 0.6 is 0 Å². The number of hydrogen-bond donors (Lipinski definition) is 1. The number of anilines is 1. The van der Waals surface area contributed by atoms with E-state index in [1.54, 1.807) is 6.20 Å². The van der Waals surface area contributed by atoms with Gasteiger partial charge < -0.3 is 5.32 Å². The number of fused-ring (bicyclic) bond motifs is 1. The molecule has 14 heavy (non-hydrogen) atoms. The summed E-state index contributed by atoms with van der Waals surface area (Å²) in [5, 5.41) is 13.0. The minimum Gasteiger partial charge on any atom is -0.357 e. The van der Waals surface area contributed by atoms with Gasteiger partial charge in [0, 0.05) is 10.8 Å². The molecule has 0 radical (unpaired) electrons. The highest BCUT2D eigenvalue weighted by molar-refractivity contribution is 5.90. The third-order valence-corrected chi connectivity index (χ3v) is 1.93. The highest BCUT2D eigenvalue weighted by atomic mass is 15.2. The van der Waals surface area contributed by atoms with Crippen LogP contribution in [0.25, 0.3) is 10.8 Å². The summed E-state index contributed by atoms with van der Waals surface area (Å²) in [5.41, 5.74) is 0. The summed E-state index contributed by atoms with van der Waals surface area (Å²) in [4.78, 5) is 0. The molecular formula is C11H9N3. The molecule has 1 aromatic carbocycles. The second kappa shape index (κ2) is 3.75. The first-order valence-electron chi connectivity index (χ1n) is 4.29. The van der Waals surface area contributed by atoms with Crippen LogP contribution in [0, 0.1) is 12.3 Å². The van der Waals surface area contributed by atoms with Gasteiger partial charge in [-0.2, -0.15) is 5.10 Å². The predicted molar refractivity (Wildman–Crippen MR) is 56.9 cm³/mol. The maximum atomic E-state index is 5.16. The summed E-state index contributed by atoms with van der Waals surface area (Å²) < 4.78 is 0. The zero-order valence-corrected chi connectivity index (χ0v) is 7.57. The molecule has 0 fully saturated rings. The van der Waals surface area contributed by atoms with Gasteiger partial charge in [-0.15, -0.1) is 11.5 Å². The van der Waals surface area contributed by atoms with Crippen LogP contribution in [0.3, 0.4) is 0 Å². The second-order valence-corrected chi connectivity index (χ2v) is 2.84. The van der Waals surface area contributed by atoms with Gasteiger partial charge >= 0.3 is 0 Å². The van der Waals surface area contributed by atoms with Crippen molar-refractivity contribution in [1.29, 1.82) is 0 Å². The normalized spacial score (nSPS) is 9.64. The van der Waals surface area contributed by atoms with Crippen molar-refractivity contribution >= 4 is 16.6 Å². The van der Waals surface area contributed by atoms with E-state index in [-0.39, 0.29) is 0 Å². The highest BCUT2D eigenvalue weighted by Crippen LogP contribution is 2.18. The Morgan fingerprint density at radius 2 is 2.21 bits per heavy atom. The van der Waals surface area contributed by atoms with Crippen LogP contribution in [-0.2, 0) is 0 Å². The van der Waals surface area contributed by atoms with Gasteiger partial charge in [0.05, 0.1) is 12.7 Å². The molecular weight excluding hydrogens is 174 g/mol. The first kappa shape index (κ1) is 8.52. The van der Waals surface area contributed by atoms with E-state index >= 15 is 0 Å². The van der Waals surface area contributed by atoms with Crippen molar-refractivity contribution in [2.45, 2.75) is 0 Å². The smallest absolute Gasteiger partial charge is 0.157 e. The molecule has 2 rings (SSSR count). The van der Waals surface area contributed by atoms with Gasteiger partial charge in [0.2, 0.25) is 0 Å². The van der Waals surface area contributed by atoms with Crippen LogP contribution in [0.5, 0.6) is 0 Å². The number of nitrogens with one attached hydrogen (secondary N) is 1. The summed E-state index contributed by atoms with van der Waals surface area (Å²) in [6.07, 6.45) is 6.89. The quantitative estimate of drug-likeness (QED) is 0.720. The number of nitrogens with zero attached hydrogens (tertiary/aromatic N) is 2. The van der Waals surface area contributed by atoms with Crippen molar-refractivity contribution < 1.29 is 0 Å². The summed E-state index contributed by atoms with van der Waals surface area (Å²) in [6, 6.07) is 7.91. The Morgan fingerprint density at radius 1 is 1.36 bits per heavy atom. The Balaban J connectivity index is 2.49. The summed E-state index contributed by atoms with van der Waals surface area (Å²) in [7, 11) is 0. The Morgan fingerprint density at radius 3 is 3.07 bits per heavy atom. The number of terminal acetylenes is 1. The van der Waals surface area contributed by atoms with Crippen LogP contribution in [-0.4, -0.2) is 16.7 Å². The molecule has 2 aromatic rings. The first-order chi connectivity index (χ1) is 6.92. The van der Waals surface area contributed by atoms with Crippen molar-refractivity contribution in [2.24, 2.45) is 0 Å². The summed E-state index contributed by atoms with van der Waals surface area (Å²) in [6.45, 7) is 0.461. The van der Waals surface area contributed by atoms with E-state index in [0.717, 1.165) is 16.6 Å². The SMILES string of the molecule is C#CCNc1nncc2ccccc12. The molecule has 0 unspecified atom stereocenters. The predicted octanol–water partition coefficient (Wildman–Crippen LogP) is 1.67. The molecule has 0 aliphatic heterocycles. The lowest BCUT2D eigenvalue weighted by molar-refractivity contribution is 1.04. The molecule has 0 spiro atoms. The third-order valence-electron chi connectivity index (χ3n) is 1.93. The van der Waals surface area contributed by atoms with Gasteiger partial charge in [-0.25, -0.2) is 0 Å². The standard InChI is InChI=1S/C11H9N3/c1-2-7-12-11-10-6-4-3-5-9(10)8-13-14-11/h1,3-6,8H,7H2,(H,12,14). The number of benzene rings is 1. The topological polar surface area (TPSA) is 37.8 Å². The van der Waals surface area contributed by atoms with E-state index in [1.165, 1.54) is 0 Å². The fraction of sp³-hybridized carbons (Fsp3) is 0.0909. The molecule has 3 nitrogen and oxygen atoms in total. The van der Waals surface area contributed by atoms with Crippen LogP contribution < -0.4 is 5.32 Å². The molecule has 1 N–H and O–H groups in total. The zero-order chi connectivity index (χ0) is 9.80.